The highest BCUT2D eigenvalue weighted by Gasteiger charge is 2.07. The molecule has 0 aliphatic heterocycles. The number of pyridine rings is 1. The normalized spacial score (nSPS) is 10.5. The van der Waals surface area contributed by atoms with Crippen LogP contribution >= 0.6 is 0 Å². The van der Waals surface area contributed by atoms with Crippen LogP contribution in [0.15, 0.2) is 36.4 Å². The number of nitrogens with zero attached hydrogens (tertiary/aromatic N) is 1. The lowest BCUT2D eigenvalue weighted by Gasteiger charge is -2.10. The van der Waals surface area contributed by atoms with Crippen LogP contribution in [-0.4, -0.2) is 15.2 Å². The molecule has 100 valence electrons. The van der Waals surface area contributed by atoms with E-state index in [1.54, 1.807) is 18.2 Å². The Morgan fingerprint density at radius 2 is 1.89 bits per heavy atom. The highest BCUT2D eigenvalue weighted by molar-refractivity contribution is 5.36. The van der Waals surface area contributed by atoms with Gasteiger partial charge < -0.3 is 14.9 Å². The summed E-state index contributed by atoms with van der Waals surface area (Å²) in [5.74, 6) is 1.01. The fourth-order valence-electron chi connectivity index (χ4n) is 1.79. The molecule has 0 amide bonds. The van der Waals surface area contributed by atoms with Crippen molar-refractivity contribution in [2.45, 2.75) is 26.6 Å². The molecule has 19 heavy (non-hydrogen) atoms. The maximum atomic E-state index is 9.26. The van der Waals surface area contributed by atoms with Gasteiger partial charge in [0.15, 0.2) is 0 Å². The predicted octanol–water partition coefficient (Wildman–Crippen LogP) is 2.42. The van der Waals surface area contributed by atoms with Gasteiger partial charge in [-0.05, 0) is 24.1 Å². The van der Waals surface area contributed by atoms with E-state index in [4.69, 9.17) is 4.74 Å². The molecular formula is C15H17NO3. The Labute approximate surface area is 112 Å². The second-order valence-electron chi connectivity index (χ2n) is 4.18. The molecule has 0 bridgehead atoms. The lowest BCUT2D eigenvalue weighted by Crippen LogP contribution is -1.98. The summed E-state index contributed by atoms with van der Waals surface area (Å²) in [4.78, 5) is 4.36. The summed E-state index contributed by atoms with van der Waals surface area (Å²) in [7, 11) is 0. The number of hydrogen-bond donors (Lipinski definition) is 2. The number of para-hydroxylation sites is 1. The van der Waals surface area contributed by atoms with Crippen LogP contribution < -0.4 is 4.74 Å². The van der Waals surface area contributed by atoms with Gasteiger partial charge in [0.25, 0.3) is 0 Å². The molecule has 4 nitrogen and oxygen atoms in total. The van der Waals surface area contributed by atoms with Crippen LogP contribution in [0.5, 0.6) is 11.6 Å². The maximum Gasteiger partial charge on any atom is 0.219 e. The molecule has 2 rings (SSSR count). The van der Waals surface area contributed by atoms with Crippen LogP contribution in [0.1, 0.15) is 23.7 Å². The van der Waals surface area contributed by atoms with Gasteiger partial charge in [0.1, 0.15) is 5.75 Å². The van der Waals surface area contributed by atoms with Crippen molar-refractivity contribution in [2.24, 2.45) is 0 Å². The molecule has 0 unspecified atom stereocenters. The van der Waals surface area contributed by atoms with Gasteiger partial charge in [0.2, 0.25) is 5.88 Å². The molecule has 2 N–H and O–H groups in total. The highest BCUT2D eigenvalue weighted by atomic mass is 16.5. The molecule has 2 aromatic rings. The Kier molecular flexibility index (Phi) is 4.49. The monoisotopic (exact) mass is 259 g/mol. The first kappa shape index (κ1) is 13.5. The van der Waals surface area contributed by atoms with Gasteiger partial charge in [-0.1, -0.05) is 25.1 Å². The zero-order valence-electron chi connectivity index (χ0n) is 10.8. The fraction of sp³-hybridized carbons (Fsp3) is 0.267. The molecule has 0 atom stereocenters. The summed E-state index contributed by atoms with van der Waals surface area (Å²) >= 11 is 0. The number of ether oxygens (including phenoxy) is 1. The second kappa shape index (κ2) is 6.31. The van der Waals surface area contributed by atoms with Crippen molar-refractivity contribution >= 4 is 0 Å². The molecule has 0 saturated carbocycles. The summed E-state index contributed by atoms with van der Waals surface area (Å²) < 4.78 is 5.70. The molecule has 0 aliphatic rings. The Morgan fingerprint density at radius 1 is 1.11 bits per heavy atom. The van der Waals surface area contributed by atoms with Crippen LogP contribution in [-0.2, 0) is 19.6 Å². The molecule has 1 aromatic carbocycles. The topological polar surface area (TPSA) is 62.6 Å². The van der Waals surface area contributed by atoms with Gasteiger partial charge in [0, 0.05) is 17.3 Å². The van der Waals surface area contributed by atoms with E-state index in [0.29, 0.717) is 17.2 Å². The van der Waals surface area contributed by atoms with E-state index in [0.717, 1.165) is 17.7 Å². The molecule has 1 aromatic heterocycles. The van der Waals surface area contributed by atoms with Crippen LogP contribution in [0.2, 0.25) is 0 Å². The molecule has 0 aliphatic carbocycles. The van der Waals surface area contributed by atoms with Crippen molar-refractivity contribution in [3.05, 3.63) is 53.2 Å². The summed E-state index contributed by atoms with van der Waals surface area (Å²) in [5.41, 5.74) is 2.34. The van der Waals surface area contributed by atoms with Crippen molar-refractivity contribution in [2.75, 3.05) is 0 Å². The van der Waals surface area contributed by atoms with E-state index in [9.17, 15) is 10.2 Å². The second-order valence-corrected chi connectivity index (χ2v) is 4.18. The summed E-state index contributed by atoms with van der Waals surface area (Å²) in [5, 5.41) is 18.5. The molecule has 0 spiro atoms. The molecule has 1 heterocycles. The lowest BCUT2D eigenvalue weighted by molar-refractivity contribution is 0.275. The number of aryl methyl sites for hydroxylation is 1. The van der Waals surface area contributed by atoms with Crippen LogP contribution in [0.25, 0.3) is 0 Å². The minimum atomic E-state index is -0.0868. The van der Waals surface area contributed by atoms with E-state index in [2.05, 4.69) is 4.98 Å². The zero-order chi connectivity index (χ0) is 13.7. The number of hydrogen-bond acceptors (Lipinski definition) is 4. The van der Waals surface area contributed by atoms with Crippen molar-refractivity contribution < 1.29 is 14.9 Å². The standard InChI is InChI=1S/C15H17NO3/c1-2-13-7-11(9-17)8-15(16-13)19-14-6-4-3-5-12(14)10-18/h3-8,17-18H,2,9-10H2,1H3. The van der Waals surface area contributed by atoms with Gasteiger partial charge in [-0.25, -0.2) is 4.98 Å². The maximum absolute atomic E-state index is 9.26. The number of aliphatic hydroxyl groups is 2. The minimum absolute atomic E-state index is 0.0481. The Bertz CT molecular complexity index is 533. The smallest absolute Gasteiger partial charge is 0.219 e. The van der Waals surface area contributed by atoms with Gasteiger partial charge in [-0.3, -0.25) is 0 Å². The number of aromatic nitrogens is 1. The Morgan fingerprint density at radius 3 is 2.58 bits per heavy atom. The molecule has 0 radical (unpaired) electrons. The zero-order valence-corrected chi connectivity index (χ0v) is 10.8. The van der Waals surface area contributed by atoms with Gasteiger partial charge in [-0.15, -0.1) is 0 Å². The lowest BCUT2D eigenvalue weighted by atomic mass is 10.2. The average Bonchev–Trinajstić information content (AvgIpc) is 2.47. The van der Waals surface area contributed by atoms with Gasteiger partial charge in [0.05, 0.1) is 13.2 Å². The molecule has 0 saturated heterocycles. The van der Waals surface area contributed by atoms with Crippen molar-refractivity contribution in [3.8, 4) is 11.6 Å². The molecular weight excluding hydrogens is 242 g/mol. The quantitative estimate of drug-likeness (QED) is 0.865. The van der Waals surface area contributed by atoms with Crippen LogP contribution in [0, 0.1) is 0 Å². The van der Waals surface area contributed by atoms with Crippen molar-refractivity contribution in [1.29, 1.82) is 0 Å². The van der Waals surface area contributed by atoms with E-state index < -0.39 is 0 Å². The first-order chi connectivity index (χ1) is 9.26. The number of benzene rings is 1. The SMILES string of the molecule is CCc1cc(CO)cc(Oc2ccccc2CO)n1. The van der Waals surface area contributed by atoms with Crippen molar-refractivity contribution in [3.63, 3.8) is 0 Å². The minimum Gasteiger partial charge on any atom is -0.439 e. The van der Waals surface area contributed by atoms with E-state index in [1.165, 1.54) is 0 Å². The summed E-state index contributed by atoms with van der Waals surface area (Å²) in [6.45, 7) is 1.86. The number of aliphatic hydroxyl groups excluding tert-OH is 2. The summed E-state index contributed by atoms with van der Waals surface area (Å²) in [6, 6.07) is 10.8. The predicted molar refractivity (Wildman–Crippen MR) is 72.0 cm³/mol. The molecule has 0 fully saturated rings. The molecule has 4 heteroatoms. The third kappa shape index (κ3) is 3.30. The van der Waals surface area contributed by atoms with Crippen LogP contribution in [0.4, 0.5) is 0 Å². The number of rotatable bonds is 5. The third-order valence-electron chi connectivity index (χ3n) is 2.82. The van der Waals surface area contributed by atoms with Gasteiger partial charge in [-0.2, -0.15) is 0 Å². The Balaban J connectivity index is 2.32. The van der Waals surface area contributed by atoms with Crippen LogP contribution in [0.3, 0.4) is 0 Å². The largest absolute Gasteiger partial charge is 0.439 e. The van der Waals surface area contributed by atoms with E-state index in [-0.39, 0.29) is 13.2 Å². The van der Waals surface area contributed by atoms with E-state index in [1.807, 2.05) is 25.1 Å². The first-order valence-electron chi connectivity index (χ1n) is 6.24. The average molecular weight is 259 g/mol. The summed E-state index contributed by atoms with van der Waals surface area (Å²) in [6.07, 6.45) is 0.770. The van der Waals surface area contributed by atoms with Gasteiger partial charge >= 0.3 is 0 Å². The third-order valence-corrected chi connectivity index (χ3v) is 2.82. The Hall–Kier alpha value is -1.91. The fourth-order valence-corrected chi connectivity index (χ4v) is 1.79. The first-order valence-corrected chi connectivity index (χ1v) is 6.24. The highest BCUT2D eigenvalue weighted by Crippen LogP contribution is 2.25. The van der Waals surface area contributed by atoms with Crippen molar-refractivity contribution in [1.82, 2.24) is 4.98 Å². The van der Waals surface area contributed by atoms with E-state index >= 15 is 0 Å².